The van der Waals surface area contributed by atoms with Crippen molar-refractivity contribution in [2.24, 2.45) is 5.92 Å². The summed E-state index contributed by atoms with van der Waals surface area (Å²) in [6.45, 7) is 2.73. The molecule has 1 aromatic heterocycles. The van der Waals surface area contributed by atoms with Crippen LogP contribution in [0.25, 0.3) is 0 Å². The van der Waals surface area contributed by atoms with E-state index in [0.29, 0.717) is 11.5 Å². The molecule has 0 saturated heterocycles. The van der Waals surface area contributed by atoms with Crippen molar-refractivity contribution in [3.8, 4) is 0 Å². The molecule has 16 heavy (non-hydrogen) atoms. The third kappa shape index (κ3) is 2.81. The Morgan fingerprint density at radius 3 is 2.81 bits per heavy atom. The quantitative estimate of drug-likeness (QED) is 0.846. The van der Waals surface area contributed by atoms with Crippen LogP contribution in [0.1, 0.15) is 41.7 Å². The SMILES string of the molecule is Cc1ccc(C(=O)NCC2CCCC2)cn1. The van der Waals surface area contributed by atoms with Gasteiger partial charge < -0.3 is 5.32 Å². The minimum Gasteiger partial charge on any atom is -0.352 e. The van der Waals surface area contributed by atoms with E-state index in [1.165, 1.54) is 25.7 Å². The summed E-state index contributed by atoms with van der Waals surface area (Å²) in [6, 6.07) is 3.69. The molecular weight excluding hydrogens is 200 g/mol. The number of hydrogen-bond donors (Lipinski definition) is 1. The lowest BCUT2D eigenvalue weighted by Crippen LogP contribution is -2.28. The summed E-state index contributed by atoms with van der Waals surface area (Å²) in [7, 11) is 0. The highest BCUT2D eigenvalue weighted by atomic mass is 16.1. The van der Waals surface area contributed by atoms with Crippen LogP contribution in [0.2, 0.25) is 0 Å². The fraction of sp³-hybridized carbons (Fsp3) is 0.538. The van der Waals surface area contributed by atoms with E-state index in [4.69, 9.17) is 0 Å². The second-order valence-electron chi connectivity index (χ2n) is 4.55. The van der Waals surface area contributed by atoms with Crippen molar-refractivity contribution >= 4 is 5.91 Å². The Morgan fingerprint density at radius 2 is 2.19 bits per heavy atom. The molecule has 1 aromatic rings. The molecule has 0 aliphatic heterocycles. The fourth-order valence-corrected chi connectivity index (χ4v) is 2.16. The summed E-state index contributed by atoms with van der Waals surface area (Å²) < 4.78 is 0. The number of carbonyl (C=O) groups excluding carboxylic acids is 1. The van der Waals surface area contributed by atoms with Crippen LogP contribution in [0.3, 0.4) is 0 Å². The molecule has 1 aliphatic carbocycles. The maximum Gasteiger partial charge on any atom is 0.252 e. The number of nitrogens with one attached hydrogen (secondary N) is 1. The number of rotatable bonds is 3. The first kappa shape index (κ1) is 11.1. The van der Waals surface area contributed by atoms with Crippen LogP contribution in [0.15, 0.2) is 18.3 Å². The molecule has 0 aromatic carbocycles. The Hall–Kier alpha value is -1.38. The third-order valence-electron chi connectivity index (χ3n) is 3.20. The van der Waals surface area contributed by atoms with E-state index in [1.54, 1.807) is 6.20 Å². The number of nitrogens with zero attached hydrogens (tertiary/aromatic N) is 1. The van der Waals surface area contributed by atoms with Gasteiger partial charge in [0.15, 0.2) is 0 Å². The number of aromatic nitrogens is 1. The predicted octanol–water partition coefficient (Wildman–Crippen LogP) is 2.31. The van der Waals surface area contributed by atoms with Gasteiger partial charge >= 0.3 is 0 Å². The topological polar surface area (TPSA) is 42.0 Å². The normalized spacial score (nSPS) is 16.3. The van der Waals surface area contributed by atoms with Gasteiger partial charge in [0.2, 0.25) is 0 Å². The van der Waals surface area contributed by atoms with Gasteiger partial charge in [0.05, 0.1) is 5.56 Å². The molecule has 3 nitrogen and oxygen atoms in total. The minimum atomic E-state index is -0.000556. The van der Waals surface area contributed by atoms with Gasteiger partial charge in [-0.3, -0.25) is 9.78 Å². The second kappa shape index (κ2) is 5.10. The van der Waals surface area contributed by atoms with Gasteiger partial charge in [0.25, 0.3) is 5.91 Å². The summed E-state index contributed by atoms with van der Waals surface area (Å²) in [5.74, 6) is 0.682. The van der Waals surface area contributed by atoms with Crippen molar-refractivity contribution in [1.82, 2.24) is 10.3 Å². The zero-order valence-electron chi connectivity index (χ0n) is 9.70. The molecule has 1 amide bonds. The van der Waals surface area contributed by atoms with Crippen molar-refractivity contribution in [2.45, 2.75) is 32.6 Å². The molecule has 0 atom stereocenters. The van der Waals surface area contributed by atoms with Gasteiger partial charge in [0, 0.05) is 18.4 Å². The van der Waals surface area contributed by atoms with Gasteiger partial charge in [-0.2, -0.15) is 0 Å². The minimum absolute atomic E-state index is 0.000556. The van der Waals surface area contributed by atoms with Gasteiger partial charge in [-0.15, -0.1) is 0 Å². The molecular formula is C13H18N2O. The molecule has 2 rings (SSSR count). The van der Waals surface area contributed by atoms with Crippen LogP contribution in [-0.4, -0.2) is 17.4 Å². The molecule has 1 fully saturated rings. The highest BCUT2D eigenvalue weighted by molar-refractivity contribution is 5.93. The molecule has 1 aliphatic rings. The smallest absolute Gasteiger partial charge is 0.252 e. The van der Waals surface area contributed by atoms with E-state index < -0.39 is 0 Å². The molecule has 86 valence electrons. The van der Waals surface area contributed by atoms with Crippen molar-refractivity contribution in [2.75, 3.05) is 6.54 Å². The zero-order chi connectivity index (χ0) is 11.4. The number of hydrogen-bond acceptors (Lipinski definition) is 2. The molecule has 3 heteroatoms. The predicted molar refractivity (Wildman–Crippen MR) is 63.3 cm³/mol. The third-order valence-corrected chi connectivity index (χ3v) is 3.20. The monoisotopic (exact) mass is 218 g/mol. The van der Waals surface area contributed by atoms with Crippen molar-refractivity contribution in [3.05, 3.63) is 29.6 Å². The highest BCUT2D eigenvalue weighted by Gasteiger charge is 2.16. The standard InChI is InChI=1S/C13H18N2O/c1-10-6-7-12(9-14-10)13(16)15-8-11-4-2-3-5-11/h6-7,9,11H,2-5,8H2,1H3,(H,15,16). The highest BCUT2D eigenvalue weighted by Crippen LogP contribution is 2.23. The summed E-state index contributed by atoms with van der Waals surface area (Å²) in [5.41, 5.74) is 1.59. The molecule has 1 N–H and O–H groups in total. The summed E-state index contributed by atoms with van der Waals surface area (Å²) >= 11 is 0. The zero-order valence-corrected chi connectivity index (χ0v) is 9.70. The van der Waals surface area contributed by atoms with Gasteiger partial charge in [-0.25, -0.2) is 0 Å². The average Bonchev–Trinajstić information content (AvgIpc) is 2.80. The Labute approximate surface area is 96.3 Å². The molecule has 0 bridgehead atoms. The maximum absolute atomic E-state index is 11.8. The Balaban J connectivity index is 1.85. The second-order valence-corrected chi connectivity index (χ2v) is 4.55. The molecule has 1 saturated carbocycles. The Bertz CT molecular complexity index is 353. The number of aryl methyl sites for hydroxylation is 1. The van der Waals surface area contributed by atoms with Crippen molar-refractivity contribution in [1.29, 1.82) is 0 Å². The number of amides is 1. The summed E-state index contributed by atoms with van der Waals surface area (Å²) in [6.07, 6.45) is 6.78. The molecule has 1 heterocycles. The number of carbonyl (C=O) groups is 1. The van der Waals surface area contributed by atoms with Crippen molar-refractivity contribution < 1.29 is 4.79 Å². The van der Waals surface area contributed by atoms with Crippen LogP contribution in [0.5, 0.6) is 0 Å². The largest absolute Gasteiger partial charge is 0.352 e. The van der Waals surface area contributed by atoms with Gasteiger partial charge in [-0.05, 0) is 37.8 Å². The first-order chi connectivity index (χ1) is 7.75. The van der Waals surface area contributed by atoms with Gasteiger partial charge in [0.1, 0.15) is 0 Å². The summed E-state index contributed by atoms with van der Waals surface area (Å²) in [4.78, 5) is 15.9. The van der Waals surface area contributed by atoms with E-state index in [0.717, 1.165) is 12.2 Å². The first-order valence-corrected chi connectivity index (χ1v) is 5.96. The van der Waals surface area contributed by atoms with Crippen LogP contribution in [-0.2, 0) is 0 Å². The van der Waals surface area contributed by atoms with E-state index in [9.17, 15) is 4.79 Å². The van der Waals surface area contributed by atoms with Crippen LogP contribution in [0, 0.1) is 12.8 Å². The van der Waals surface area contributed by atoms with Crippen LogP contribution < -0.4 is 5.32 Å². The van der Waals surface area contributed by atoms with E-state index in [2.05, 4.69) is 10.3 Å². The summed E-state index contributed by atoms with van der Waals surface area (Å²) in [5, 5.41) is 2.98. The van der Waals surface area contributed by atoms with Crippen molar-refractivity contribution in [3.63, 3.8) is 0 Å². The fourth-order valence-electron chi connectivity index (χ4n) is 2.16. The first-order valence-electron chi connectivity index (χ1n) is 5.96. The lowest BCUT2D eigenvalue weighted by molar-refractivity contribution is 0.0947. The van der Waals surface area contributed by atoms with E-state index >= 15 is 0 Å². The average molecular weight is 218 g/mol. The number of pyridine rings is 1. The lowest BCUT2D eigenvalue weighted by Gasteiger charge is -2.10. The van der Waals surface area contributed by atoms with E-state index in [1.807, 2.05) is 19.1 Å². The van der Waals surface area contributed by atoms with Crippen LogP contribution >= 0.6 is 0 Å². The maximum atomic E-state index is 11.8. The van der Waals surface area contributed by atoms with E-state index in [-0.39, 0.29) is 5.91 Å². The lowest BCUT2D eigenvalue weighted by atomic mass is 10.1. The van der Waals surface area contributed by atoms with Gasteiger partial charge in [-0.1, -0.05) is 12.8 Å². The Morgan fingerprint density at radius 1 is 1.44 bits per heavy atom. The van der Waals surface area contributed by atoms with Crippen LogP contribution in [0.4, 0.5) is 0 Å². The molecule has 0 unspecified atom stereocenters. The molecule has 0 radical (unpaired) electrons. The Kier molecular flexibility index (Phi) is 3.54. The molecule has 0 spiro atoms.